The maximum absolute atomic E-state index is 13.6. The topological polar surface area (TPSA) is 137 Å². The van der Waals surface area contributed by atoms with Crippen LogP contribution < -0.4 is 20.4 Å². The Balaban J connectivity index is 1.35. The number of carbonyl (C=O) groups is 1. The molecule has 2 saturated heterocycles. The van der Waals surface area contributed by atoms with Crippen LogP contribution in [0.15, 0.2) is 17.6 Å². The summed E-state index contributed by atoms with van der Waals surface area (Å²) in [6.07, 6.45) is 4.69. The highest BCUT2D eigenvalue weighted by molar-refractivity contribution is 7.13. The second kappa shape index (κ2) is 9.21. The molecule has 0 radical (unpaired) electrons. The number of morpholine rings is 1. The molecule has 3 aromatic heterocycles. The largest absolute Gasteiger partial charge is 0.378 e. The SMILES string of the molecule is CC1(C)CN(c2nc(Nc3cc(C4CC4)[nH]n3)nc(N3CCOCC3)n2)C(C)(C(=O)Nc2nccs2)C1. The number of nitrogens with zero attached hydrogens (tertiary/aromatic N) is 7. The number of H-pyrrole nitrogens is 1. The van der Waals surface area contributed by atoms with Gasteiger partial charge in [-0.25, -0.2) is 4.98 Å². The summed E-state index contributed by atoms with van der Waals surface area (Å²) in [7, 11) is 0. The van der Waals surface area contributed by atoms with Crippen LogP contribution in [0.3, 0.4) is 0 Å². The number of thiazole rings is 1. The molecule has 1 unspecified atom stereocenters. The van der Waals surface area contributed by atoms with E-state index in [9.17, 15) is 4.79 Å². The lowest BCUT2D eigenvalue weighted by Gasteiger charge is -2.34. The van der Waals surface area contributed by atoms with E-state index in [1.165, 1.54) is 24.2 Å². The molecule has 1 saturated carbocycles. The zero-order valence-electron chi connectivity index (χ0n) is 21.3. The van der Waals surface area contributed by atoms with Crippen LogP contribution in [-0.2, 0) is 9.53 Å². The summed E-state index contributed by atoms with van der Waals surface area (Å²) in [5.41, 5.74) is 0.120. The van der Waals surface area contributed by atoms with Crippen molar-refractivity contribution < 1.29 is 9.53 Å². The van der Waals surface area contributed by atoms with Crippen LogP contribution in [0.2, 0.25) is 0 Å². The molecule has 3 aromatic rings. The normalized spacial score (nSPS) is 23.3. The molecular formula is C24H32N10O2S. The molecule has 5 heterocycles. The minimum absolute atomic E-state index is 0.128. The molecule has 1 atom stereocenters. The molecule has 2 aliphatic heterocycles. The Morgan fingerprint density at radius 2 is 1.95 bits per heavy atom. The standard InChI is InChI=1S/C24H32N10O2S/c1-23(2)13-24(3,18(35)27-22-25-6-11-37-22)34(14-23)21-29-19(26-17-12-16(31-32-17)15-4-5-15)28-20(30-21)33-7-9-36-10-8-33/h6,11-12,15H,4-5,7-10,13-14H2,1-3H3,(H,25,27,35)(H2,26,28,29,30,31,32). The minimum atomic E-state index is -0.873. The van der Waals surface area contributed by atoms with E-state index in [-0.39, 0.29) is 11.3 Å². The average molecular weight is 525 g/mol. The fourth-order valence-electron chi connectivity index (χ4n) is 5.25. The van der Waals surface area contributed by atoms with Gasteiger partial charge in [-0.05, 0) is 31.6 Å². The Labute approximate surface area is 219 Å². The van der Waals surface area contributed by atoms with Gasteiger partial charge in [0.1, 0.15) is 5.54 Å². The fourth-order valence-corrected chi connectivity index (χ4v) is 5.77. The molecule has 1 aliphatic carbocycles. The zero-order valence-corrected chi connectivity index (χ0v) is 22.1. The first-order valence-electron chi connectivity index (χ1n) is 12.7. The fraction of sp³-hybridized carbons (Fsp3) is 0.583. The molecule has 3 N–H and O–H groups in total. The lowest BCUT2D eigenvalue weighted by Crippen LogP contribution is -2.52. The van der Waals surface area contributed by atoms with Crippen LogP contribution in [0, 0.1) is 5.41 Å². The van der Waals surface area contributed by atoms with E-state index < -0.39 is 5.54 Å². The summed E-state index contributed by atoms with van der Waals surface area (Å²) in [6, 6.07) is 2.01. The highest BCUT2D eigenvalue weighted by Crippen LogP contribution is 2.44. The minimum Gasteiger partial charge on any atom is -0.378 e. The molecule has 1 amide bonds. The monoisotopic (exact) mass is 524 g/mol. The first kappa shape index (κ1) is 24.0. The number of hydrogen-bond acceptors (Lipinski definition) is 11. The van der Waals surface area contributed by atoms with Crippen molar-refractivity contribution in [3.05, 3.63) is 23.3 Å². The number of aromatic amines is 1. The summed E-state index contributed by atoms with van der Waals surface area (Å²) in [6.45, 7) is 9.48. The quantitative estimate of drug-likeness (QED) is 0.423. The summed E-state index contributed by atoms with van der Waals surface area (Å²) in [5, 5.41) is 16.2. The summed E-state index contributed by atoms with van der Waals surface area (Å²) < 4.78 is 5.54. The van der Waals surface area contributed by atoms with Crippen LogP contribution in [0.4, 0.5) is 28.8 Å². The molecule has 0 spiro atoms. The first-order valence-corrected chi connectivity index (χ1v) is 13.6. The van der Waals surface area contributed by atoms with Crippen LogP contribution in [0.1, 0.15) is 51.6 Å². The summed E-state index contributed by atoms with van der Waals surface area (Å²) in [4.78, 5) is 36.4. The highest BCUT2D eigenvalue weighted by Gasteiger charge is 2.52. The van der Waals surface area contributed by atoms with E-state index in [0.29, 0.717) is 74.0 Å². The Morgan fingerprint density at radius 3 is 2.68 bits per heavy atom. The van der Waals surface area contributed by atoms with E-state index in [2.05, 4.69) is 44.6 Å². The Kier molecular flexibility index (Phi) is 5.98. The van der Waals surface area contributed by atoms with Crippen LogP contribution in [-0.4, -0.2) is 74.4 Å². The van der Waals surface area contributed by atoms with E-state index in [1.54, 1.807) is 6.20 Å². The third kappa shape index (κ3) is 4.97. The van der Waals surface area contributed by atoms with Gasteiger partial charge in [-0.15, -0.1) is 11.3 Å². The molecule has 37 heavy (non-hydrogen) atoms. The number of rotatable bonds is 7. The van der Waals surface area contributed by atoms with E-state index in [0.717, 1.165) is 5.69 Å². The number of amides is 1. The van der Waals surface area contributed by atoms with Crippen LogP contribution in [0.5, 0.6) is 0 Å². The number of anilines is 5. The zero-order chi connectivity index (χ0) is 25.6. The lowest BCUT2D eigenvalue weighted by molar-refractivity contribution is -0.120. The molecule has 0 aromatic carbocycles. The van der Waals surface area contributed by atoms with Crippen molar-refractivity contribution in [1.82, 2.24) is 30.1 Å². The smallest absolute Gasteiger partial charge is 0.251 e. The van der Waals surface area contributed by atoms with Crippen molar-refractivity contribution in [3.63, 3.8) is 0 Å². The van der Waals surface area contributed by atoms with E-state index in [4.69, 9.17) is 19.7 Å². The van der Waals surface area contributed by atoms with Crippen molar-refractivity contribution in [2.75, 3.05) is 53.3 Å². The van der Waals surface area contributed by atoms with Gasteiger partial charge in [0.05, 0.1) is 13.2 Å². The predicted octanol–water partition coefficient (Wildman–Crippen LogP) is 3.14. The molecular weight excluding hydrogens is 492 g/mol. The van der Waals surface area contributed by atoms with Crippen LogP contribution >= 0.6 is 11.3 Å². The van der Waals surface area contributed by atoms with Gasteiger partial charge in [-0.1, -0.05) is 13.8 Å². The number of aromatic nitrogens is 6. The second-order valence-electron chi connectivity index (χ2n) is 11.0. The maximum Gasteiger partial charge on any atom is 0.251 e. The maximum atomic E-state index is 13.6. The molecule has 3 fully saturated rings. The second-order valence-corrected chi connectivity index (χ2v) is 11.9. The molecule has 0 bridgehead atoms. The Hall–Kier alpha value is -3.32. The van der Waals surface area contributed by atoms with Crippen LogP contribution in [0.25, 0.3) is 0 Å². The van der Waals surface area contributed by atoms with Gasteiger partial charge in [0.2, 0.25) is 17.8 Å². The van der Waals surface area contributed by atoms with Gasteiger partial charge in [-0.3, -0.25) is 15.2 Å². The van der Waals surface area contributed by atoms with Gasteiger partial charge >= 0.3 is 0 Å². The van der Waals surface area contributed by atoms with Gasteiger partial charge in [0.25, 0.3) is 5.91 Å². The Bertz CT molecular complexity index is 1270. The Morgan fingerprint density at radius 1 is 1.16 bits per heavy atom. The molecule has 12 nitrogen and oxygen atoms in total. The number of hydrogen-bond donors (Lipinski definition) is 3. The molecule has 13 heteroatoms. The molecule has 3 aliphatic rings. The summed E-state index contributed by atoms with van der Waals surface area (Å²) >= 11 is 1.40. The van der Waals surface area contributed by atoms with Gasteiger partial charge in [-0.2, -0.15) is 20.1 Å². The third-order valence-electron chi connectivity index (χ3n) is 7.15. The first-order chi connectivity index (χ1) is 17.8. The highest BCUT2D eigenvalue weighted by atomic mass is 32.1. The lowest BCUT2D eigenvalue weighted by atomic mass is 9.84. The molecule has 6 rings (SSSR count). The number of nitrogens with one attached hydrogen (secondary N) is 3. The average Bonchev–Trinajstić information content (AvgIpc) is 3.27. The van der Waals surface area contributed by atoms with E-state index >= 15 is 0 Å². The summed E-state index contributed by atoms with van der Waals surface area (Å²) in [5.74, 6) is 2.51. The number of carbonyl (C=O) groups excluding carboxylic acids is 1. The van der Waals surface area contributed by atoms with Crippen molar-refractivity contribution in [1.29, 1.82) is 0 Å². The van der Waals surface area contributed by atoms with Gasteiger partial charge < -0.3 is 19.9 Å². The van der Waals surface area contributed by atoms with E-state index in [1.807, 2.05) is 23.3 Å². The predicted molar refractivity (Wildman–Crippen MR) is 142 cm³/mol. The third-order valence-corrected chi connectivity index (χ3v) is 7.84. The van der Waals surface area contributed by atoms with Gasteiger partial charge in [0, 0.05) is 48.9 Å². The van der Waals surface area contributed by atoms with Crippen molar-refractivity contribution >= 4 is 46.0 Å². The van der Waals surface area contributed by atoms with Crippen molar-refractivity contribution in [2.45, 2.75) is 51.5 Å². The van der Waals surface area contributed by atoms with Crippen molar-refractivity contribution in [2.24, 2.45) is 5.41 Å². The number of ether oxygens (including phenoxy) is 1. The molecule has 196 valence electrons. The van der Waals surface area contributed by atoms with Crippen molar-refractivity contribution in [3.8, 4) is 0 Å². The van der Waals surface area contributed by atoms with Gasteiger partial charge in [0.15, 0.2) is 10.9 Å².